The van der Waals surface area contributed by atoms with Crippen LogP contribution in [-0.2, 0) is 16.4 Å². The number of nitrogens with one attached hydrogen (secondary N) is 1. The van der Waals surface area contributed by atoms with Crippen LogP contribution in [0.25, 0.3) is 0 Å². The lowest BCUT2D eigenvalue weighted by Crippen LogP contribution is -2.06. The van der Waals surface area contributed by atoms with Gasteiger partial charge < -0.3 is 11.1 Å². The number of hydrogen-bond acceptors (Lipinski definition) is 5. The molecular weight excluding hydrogens is 204 g/mol. The first-order valence-corrected chi connectivity index (χ1v) is 6.05. The molecule has 0 fully saturated rings. The second-order valence-corrected chi connectivity index (χ2v) is 4.85. The molecule has 0 atom stereocenters. The number of nitrogens with two attached hydrogens (primary N) is 1. The van der Waals surface area contributed by atoms with Crippen molar-refractivity contribution in [2.75, 3.05) is 24.4 Å². The summed E-state index contributed by atoms with van der Waals surface area (Å²) in [6.07, 6.45) is 1.11. The van der Waals surface area contributed by atoms with Gasteiger partial charge in [0, 0.05) is 19.8 Å². The predicted octanol–water partition coefficient (Wildman–Crippen LogP) is -0.0696. The van der Waals surface area contributed by atoms with Gasteiger partial charge in [-0.15, -0.1) is 0 Å². The van der Waals surface area contributed by atoms with E-state index in [9.17, 15) is 8.42 Å². The van der Waals surface area contributed by atoms with Crippen LogP contribution in [0, 0.1) is 0 Å². The number of sulfone groups is 1. The van der Waals surface area contributed by atoms with Crippen molar-refractivity contribution in [3.63, 3.8) is 0 Å². The van der Waals surface area contributed by atoms with Crippen LogP contribution >= 0.6 is 0 Å². The SMILES string of the molecule is CCn1nc(NC)c(S(C)(=O)=O)c1N. The lowest BCUT2D eigenvalue weighted by molar-refractivity contribution is 0.602. The highest BCUT2D eigenvalue weighted by Gasteiger charge is 2.22. The quantitative estimate of drug-likeness (QED) is 0.741. The molecule has 6 nitrogen and oxygen atoms in total. The van der Waals surface area contributed by atoms with Gasteiger partial charge in [0.1, 0.15) is 5.82 Å². The van der Waals surface area contributed by atoms with E-state index in [0.717, 1.165) is 6.26 Å². The summed E-state index contributed by atoms with van der Waals surface area (Å²) in [4.78, 5) is 0.0712. The van der Waals surface area contributed by atoms with Crippen LogP contribution in [0.1, 0.15) is 6.92 Å². The van der Waals surface area contributed by atoms with Crippen molar-refractivity contribution in [2.24, 2.45) is 0 Å². The Morgan fingerprint density at radius 1 is 1.57 bits per heavy atom. The number of rotatable bonds is 3. The molecule has 1 aromatic heterocycles. The molecule has 0 amide bonds. The van der Waals surface area contributed by atoms with Gasteiger partial charge in [-0.2, -0.15) is 5.10 Å². The molecule has 0 bridgehead atoms. The minimum absolute atomic E-state index is 0.0712. The van der Waals surface area contributed by atoms with Crippen LogP contribution in [0.3, 0.4) is 0 Å². The van der Waals surface area contributed by atoms with Gasteiger partial charge in [-0.05, 0) is 6.92 Å². The fourth-order valence-corrected chi connectivity index (χ4v) is 2.21. The normalized spacial score (nSPS) is 11.6. The van der Waals surface area contributed by atoms with Gasteiger partial charge in [0.15, 0.2) is 20.6 Å². The maximum absolute atomic E-state index is 11.4. The molecule has 0 saturated carbocycles. The number of aryl methyl sites for hydroxylation is 1. The van der Waals surface area contributed by atoms with E-state index in [1.165, 1.54) is 4.68 Å². The monoisotopic (exact) mass is 218 g/mol. The maximum atomic E-state index is 11.4. The van der Waals surface area contributed by atoms with Gasteiger partial charge in [-0.25, -0.2) is 13.1 Å². The van der Waals surface area contributed by atoms with Crippen molar-refractivity contribution in [3.05, 3.63) is 0 Å². The average molecular weight is 218 g/mol. The van der Waals surface area contributed by atoms with Gasteiger partial charge in [0.25, 0.3) is 0 Å². The van der Waals surface area contributed by atoms with Gasteiger partial charge in [0.2, 0.25) is 0 Å². The Morgan fingerprint density at radius 2 is 2.14 bits per heavy atom. The zero-order valence-corrected chi connectivity index (χ0v) is 9.22. The van der Waals surface area contributed by atoms with Gasteiger partial charge in [-0.3, -0.25) is 0 Å². The van der Waals surface area contributed by atoms with Gasteiger partial charge >= 0.3 is 0 Å². The van der Waals surface area contributed by atoms with Crippen molar-refractivity contribution >= 4 is 21.5 Å². The average Bonchev–Trinajstić information content (AvgIpc) is 2.40. The maximum Gasteiger partial charge on any atom is 0.182 e. The first kappa shape index (κ1) is 10.8. The predicted molar refractivity (Wildman–Crippen MR) is 55.0 cm³/mol. The number of anilines is 2. The largest absolute Gasteiger partial charge is 0.383 e. The van der Waals surface area contributed by atoms with Crippen LogP contribution < -0.4 is 11.1 Å². The topological polar surface area (TPSA) is 90.0 Å². The first-order valence-electron chi connectivity index (χ1n) is 4.15. The van der Waals surface area contributed by atoms with Crippen LogP contribution in [0.5, 0.6) is 0 Å². The smallest absolute Gasteiger partial charge is 0.182 e. The molecular formula is C7H14N4O2S. The summed E-state index contributed by atoms with van der Waals surface area (Å²) in [6.45, 7) is 2.38. The number of nitrogens with zero attached hydrogens (tertiary/aromatic N) is 2. The zero-order valence-electron chi connectivity index (χ0n) is 8.40. The molecule has 3 N–H and O–H groups in total. The molecule has 0 aliphatic heterocycles. The molecule has 0 radical (unpaired) electrons. The molecule has 0 unspecified atom stereocenters. The van der Waals surface area contributed by atoms with E-state index in [0.29, 0.717) is 12.4 Å². The van der Waals surface area contributed by atoms with Crippen molar-refractivity contribution < 1.29 is 8.42 Å². The first-order chi connectivity index (χ1) is 6.41. The highest BCUT2D eigenvalue weighted by molar-refractivity contribution is 7.91. The summed E-state index contributed by atoms with van der Waals surface area (Å²) in [5.74, 6) is 0.478. The Labute approximate surface area is 83.0 Å². The van der Waals surface area contributed by atoms with Crippen LogP contribution in [0.15, 0.2) is 4.90 Å². The zero-order chi connectivity index (χ0) is 10.9. The van der Waals surface area contributed by atoms with Gasteiger partial charge in [-0.1, -0.05) is 0 Å². The van der Waals surface area contributed by atoms with Crippen molar-refractivity contribution in [1.82, 2.24) is 9.78 Å². The second-order valence-electron chi connectivity index (χ2n) is 2.90. The lowest BCUT2D eigenvalue weighted by atomic mass is 10.5. The molecule has 0 spiro atoms. The van der Waals surface area contributed by atoms with Crippen molar-refractivity contribution in [2.45, 2.75) is 18.4 Å². The van der Waals surface area contributed by atoms with Crippen molar-refractivity contribution in [1.29, 1.82) is 0 Å². The van der Waals surface area contributed by atoms with Crippen LogP contribution in [0.2, 0.25) is 0 Å². The fraction of sp³-hybridized carbons (Fsp3) is 0.571. The second kappa shape index (κ2) is 3.49. The fourth-order valence-electron chi connectivity index (χ4n) is 1.23. The lowest BCUT2D eigenvalue weighted by Gasteiger charge is -1.99. The molecule has 1 rings (SSSR count). The Hall–Kier alpha value is -1.24. The van der Waals surface area contributed by atoms with E-state index in [2.05, 4.69) is 10.4 Å². The number of aromatic nitrogens is 2. The van der Waals surface area contributed by atoms with Gasteiger partial charge in [0.05, 0.1) is 0 Å². The summed E-state index contributed by atoms with van der Waals surface area (Å²) < 4.78 is 24.2. The van der Waals surface area contributed by atoms with E-state index < -0.39 is 9.84 Å². The molecule has 0 aliphatic rings. The summed E-state index contributed by atoms with van der Waals surface area (Å²) in [5, 5.41) is 6.72. The van der Waals surface area contributed by atoms with Crippen LogP contribution in [0.4, 0.5) is 11.6 Å². The van der Waals surface area contributed by atoms with Crippen molar-refractivity contribution in [3.8, 4) is 0 Å². The summed E-state index contributed by atoms with van der Waals surface area (Å²) in [6, 6.07) is 0. The molecule has 0 aliphatic carbocycles. The minimum Gasteiger partial charge on any atom is -0.383 e. The minimum atomic E-state index is -3.34. The molecule has 1 aromatic rings. The van der Waals surface area contributed by atoms with E-state index in [1.807, 2.05) is 6.92 Å². The molecule has 80 valence electrons. The summed E-state index contributed by atoms with van der Waals surface area (Å²) in [7, 11) is -1.73. The highest BCUT2D eigenvalue weighted by Crippen LogP contribution is 2.26. The van der Waals surface area contributed by atoms with E-state index >= 15 is 0 Å². The standard InChI is InChI=1S/C7H14N4O2S/c1-4-11-6(8)5(14(3,12)13)7(9-2)10-11/h4,8H2,1-3H3,(H,9,10). The Kier molecular flexibility index (Phi) is 2.70. The molecule has 14 heavy (non-hydrogen) atoms. The third-order valence-electron chi connectivity index (χ3n) is 1.85. The number of hydrogen-bond donors (Lipinski definition) is 2. The highest BCUT2D eigenvalue weighted by atomic mass is 32.2. The third-order valence-corrected chi connectivity index (χ3v) is 3.00. The Bertz CT molecular complexity index is 435. The third kappa shape index (κ3) is 1.67. The van der Waals surface area contributed by atoms with E-state index in [-0.39, 0.29) is 10.7 Å². The molecule has 0 aromatic carbocycles. The Morgan fingerprint density at radius 3 is 2.43 bits per heavy atom. The Balaban J connectivity index is 3.48. The van der Waals surface area contributed by atoms with Crippen LogP contribution in [-0.4, -0.2) is 31.5 Å². The molecule has 1 heterocycles. The van der Waals surface area contributed by atoms with E-state index in [4.69, 9.17) is 5.73 Å². The number of nitrogen functional groups attached to an aromatic ring is 1. The summed E-state index contributed by atoms with van der Waals surface area (Å²) in [5.41, 5.74) is 5.66. The molecule has 7 heteroatoms. The molecule has 0 saturated heterocycles. The summed E-state index contributed by atoms with van der Waals surface area (Å²) >= 11 is 0. The van der Waals surface area contributed by atoms with E-state index in [1.54, 1.807) is 7.05 Å².